The van der Waals surface area contributed by atoms with Gasteiger partial charge in [0.1, 0.15) is 5.54 Å². The van der Waals surface area contributed by atoms with Crippen LogP contribution in [0.15, 0.2) is 60.7 Å². The first-order valence-electron chi connectivity index (χ1n) is 10.4. The molecule has 1 unspecified atom stereocenters. The number of rotatable bonds is 9. The number of para-hydroxylation sites is 1. The molecular weight excluding hydrogens is 346 g/mol. The molecule has 156 valence electrons. The number of carbonyl (C=O) groups is 1. The van der Waals surface area contributed by atoms with E-state index >= 15 is 0 Å². The third-order valence-electron chi connectivity index (χ3n) is 4.45. The minimum absolute atomic E-state index is 0.304. The molecule has 0 radical (unpaired) electrons. The molecule has 0 aliphatic carbocycles. The van der Waals surface area contributed by atoms with E-state index in [2.05, 4.69) is 29.4 Å². The Hall–Kier alpha value is -2.33. The fraction of sp³-hybridized carbons (Fsp3) is 0.458. The molecule has 4 heteroatoms. The van der Waals surface area contributed by atoms with Gasteiger partial charge >= 0.3 is 0 Å². The minimum Gasteiger partial charge on any atom is -0.371 e. The lowest BCUT2D eigenvalue weighted by atomic mass is 9.90. The van der Waals surface area contributed by atoms with Crippen LogP contribution in [-0.2, 0) is 11.3 Å². The van der Waals surface area contributed by atoms with Crippen molar-refractivity contribution in [3.8, 4) is 0 Å². The van der Waals surface area contributed by atoms with Crippen LogP contribution in [0.2, 0.25) is 0 Å². The first kappa shape index (κ1) is 25.7. The minimum atomic E-state index is -0.730. The summed E-state index contributed by atoms with van der Waals surface area (Å²) in [5, 5.41) is 3.36. The first-order valence-corrected chi connectivity index (χ1v) is 10.4. The number of primary amides is 1. The number of nitrogens with zero attached hydrogens (tertiary/aromatic N) is 1. The summed E-state index contributed by atoms with van der Waals surface area (Å²) in [6, 6.07) is 20.1. The number of nitrogens with one attached hydrogen (secondary N) is 1. The largest absolute Gasteiger partial charge is 0.371 e. The Morgan fingerprint density at radius 3 is 1.93 bits per heavy atom. The van der Waals surface area contributed by atoms with Crippen LogP contribution < -0.4 is 11.1 Å². The monoisotopic (exact) mass is 385 g/mol. The van der Waals surface area contributed by atoms with Crippen molar-refractivity contribution in [2.75, 3.05) is 18.9 Å². The van der Waals surface area contributed by atoms with Gasteiger partial charge in [0.2, 0.25) is 5.91 Å². The van der Waals surface area contributed by atoms with E-state index in [1.807, 2.05) is 83.1 Å². The van der Waals surface area contributed by atoms with Crippen LogP contribution in [0.1, 0.15) is 53.0 Å². The lowest BCUT2D eigenvalue weighted by Crippen LogP contribution is -2.51. The summed E-state index contributed by atoms with van der Waals surface area (Å²) in [5.74, 6) is -0.304. The van der Waals surface area contributed by atoms with Gasteiger partial charge in [-0.05, 0) is 37.6 Å². The van der Waals surface area contributed by atoms with Crippen LogP contribution >= 0.6 is 0 Å². The second-order valence-corrected chi connectivity index (χ2v) is 6.26. The summed E-state index contributed by atoms with van der Waals surface area (Å²) in [6.45, 7) is 11.6. The normalized spacial score (nSPS) is 12.0. The molecule has 0 spiro atoms. The second-order valence-electron chi connectivity index (χ2n) is 6.26. The van der Waals surface area contributed by atoms with Crippen molar-refractivity contribution in [2.45, 2.75) is 59.5 Å². The van der Waals surface area contributed by atoms with E-state index in [0.29, 0.717) is 12.8 Å². The number of amides is 1. The molecule has 3 N–H and O–H groups in total. The van der Waals surface area contributed by atoms with Crippen LogP contribution in [0.5, 0.6) is 0 Å². The maximum absolute atomic E-state index is 12.2. The van der Waals surface area contributed by atoms with Gasteiger partial charge in [0.05, 0.1) is 0 Å². The highest BCUT2D eigenvalue weighted by molar-refractivity contribution is 5.87. The van der Waals surface area contributed by atoms with Crippen LogP contribution in [-0.4, -0.2) is 29.9 Å². The number of hydrogen-bond donors (Lipinski definition) is 2. The van der Waals surface area contributed by atoms with Gasteiger partial charge in [-0.1, -0.05) is 83.1 Å². The van der Waals surface area contributed by atoms with E-state index in [1.54, 1.807) is 0 Å². The predicted molar refractivity (Wildman–Crippen MR) is 122 cm³/mol. The van der Waals surface area contributed by atoms with Crippen molar-refractivity contribution in [1.29, 1.82) is 0 Å². The topological polar surface area (TPSA) is 58.4 Å². The average Bonchev–Trinajstić information content (AvgIpc) is 2.75. The van der Waals surface area contributed by atoms with Crippen molar-refractivity contribution in [1.82, 2.24) is 4.90 Å². The Kier molecular flexibility index (Phi) is 13.5. The number of anilines is 1. The molecule has 28 heavy (non-hydrogen) atoms. The van der Waals surface area contributed by atoms with Gasteiger partial charge in [-0.3, -0.25) is 4.79 Å². The molecule has 0 aliphatic rings. The molecule has 0 aromatic heterocycles. The summed E-state index contributed by atoms with van der Waals surface area (Å²) < 4.78 is 0. The number of benzene rings is 2. The smallest absolute Gasteiger partial charge is 0.243 e. The summed E-state index contributed by atoms with van der Waals surface area (Å²) in [5.41, 5.74) is 7.20. The molecule has 2 rings (SSSR count). The van der Waals surface area contributed by atoms with Gasteiger partial charge in [0.15, 0.2) is 0 Å². The molecule has 0 saturated heterocycles. The van der Waals surface area contributed by atoms with Crippen molar-refractivity contribution in [3.63, 3.8) is 0 Å². The summed E-state index contributed by atoms with van der Waals surface area (Å²) >= 11 is 0. The molecular formula is C24H39N3O. The SMILES string of the molecule is CC.CC.CCC(CCN(C)Cc1ccccc1)(Nc1ccccc1)C(N)=O. The Labute approximate surface area is 172 Å². The van der Waals surface area contributed by atoms with Gasteiger partial charge in [-0.2, -0.15) is 0 Å². The molecule has 0 heterocycles. The zero-order valence-corrected chi connectivity index (χ0v) is 18.5. The Morgan fingerprint density at radius 2 is 1.46 bits per heavy atom. The molecule has 2 aromatic carbocycles. The van der Waals surface area contributed by atoms with Gasteiger partial charge < -0.3 is 16.0 Å². The number of nitrogens with two attached hydrogens (primary N) is 1. The second kappa shape index (κ2) is 14.7. The molecule has 0 saturated carbocycles. The molecule has 2 aromatic rings. The van der Waals surface area contributed by atoms with E-state index in [9.17, 15) is 4.79 Å². The van der Waals surface area contributed by atoms with Crippen LogP contribution in [0.25, 0.3) is 0 Å². The highest BCUT2D eigenvalue weighted by Gasteiger charge is 2.34. The molecule has 0 aliphatic heterocycles. The highest BCUT2D eigenvalue weighted by atomic mass is 16.1. The van der Waals surface area contributed by atoms with Gasteiger partial charge in [-0.25, -0.2) is 0 Å². The summed E-state index contributed by atoms with van der Waals surface area (Å²) in [7, 11) is 2.07. The van der Waals surface area contributed by atoms with Crippen molar-refractivity contribution < 1.29 is 4.79 Å². The Balaban J connectivity index is 0.00000171. The van der Waals surface area contributed by atoms with Crippen molar-refractivity contribution in [3.05, 3.63) is 66.2 Å². The van der Waals surface area contributed by atoms with Crippen molar-refractivity contribution in [2.24, 2.45) is 5.73 Å². The van der Waals surface area contributed by atoms with Crippen LogP contribution in [0, 0.1) is 0 Å². The summed E-state index contributed by atoms with van der Waals surface area (Å²) in [4.78, 5) is 14.4. The standard InChI is InChI=1S/C20H27N3O.2C2H6/c1-3-20(19(21)24,22-18-12-8-5-9-13-18)14-15-23(2)16-17-10-6-4-7-11-17;2*1-2/h4-13,22H,3,14-16H2,1-2H3,(H2,21,24);2*1-2H3. The van der Waals surface area contributed by atoms with E-state index < -0.39 is 5.54 Å². The Bertz CT molecular complexity index is 631. The number of carbonyl (C=O) groups excluding carboxylic acids is 1. The zero-order valence-electron chi connectivity index (χ0n) is 18.5. The van der Waals surface area contributed by atoms with E-state index in [-0.39, 0.29) is 5.91 Å². The quantitative estimate of drug-likeness (QED) is 0.615. The first-order chi connectivity index (χ1) is 13.6. The third-order valence-corrected chi connectivity index (χ3v) is 4.45. The molecule has 4 nitrogen and oxygen atoms in total. The maximum Gasteiger partial charge on any atom is 0.243 e. The van der Waals surface area contributed by atoms with Crippen LogP contribution in [0.3, 0.4) is 0 Å². The number of hydrogen-bond acceptors (Lipinski definition) is 3. The zero-order chi connectivity index (χ0) is 21.4. The van der Waals surface area contributed by atoms with Gasteiger partial charge in [0.25, 0.3) is 0 Å². The van der Waals surface area contributed by atoms with Crippen molar-refractivity contribution >= 4 is 11.6 Å². The van der Waals surface area contributed by atoms with E-state index in [4.69, 9.17) is 5.73 Å². The molecule has 1 atom stereocenters. The van der Waals surface area contributed by atoms with E-state index in [0.717, 1.165) is 18.8 Å². The lowest BCUT2D eigenvalue weighted by Gasteiger charge is -2.33. The Morgan fingerprint density at radius 1 is 0.964 bits per heavy atom. The van der Waals surface area contributed by atoms with Gasteiger partial charge in [-0.15, -0.1) is 0 Å². The fourth-order valence-corrected chi connectivity index (χ4v) is 2.84. The van der Waals surface area contributed by atoms with Crippen LogP contribution in [0.4, 0.5) is 5.69 Å². The molecule has 0 bridgehead atoms. The summed E-state index contributed by atoms with van der Waals surface area (Å²) in [6.07, 6.45) is 1.31. The molecule has 1 amide bonds. The average molecular weight is 386 g/mol. The fourth-order valence-electron chi connectivity index (χ4n) is 2.84. The molecule has 0 fully saturated rings. The highest BCUT2D eigenvalue weighted by Crippen LogP contribution is 2.23. The third kappa shape index (κ3) is 8.57. The maximum atomic E-state index is 12.2. The van der Waals surface area contributed by atoms with Gasteiger partial charge in [0, 0.05) is 18.8 Å². The van der Waals surface area contributed by atoms with E-state index in [1.165, 1.54) is 5.56 Å². The lowest BCUT2D eigenvalue weighted by molar-refractivity contribution is -0.122. The predicted octanol–water partition coefficient (Wildman–Crippen LogP) is 5.31.